The maximum absolute atomic E-state index is 14.2. The second-order valence-electron chi connectivity index (χ2n) is 10.7. The molecule has 0 amide bonds. The number of hydrogen-bond acceptors (Lipinski definition) is 2. The second-order valence-corrected chi connectivity index (χ2v) is 10.7. The number of halogens is 1. The summed E-state index contributed by atoms with van der Waals surface area (Å²) >= 11 is 0. The van der Waals surface area contributed by atoms with Gasteiger partial charge >= 0.3 is 0 Å². The van der Waals surface area contributed by atoms with Gasteiger partial charge in [0.2, 0.25) is 0 Å². The van der Waals surface area contributed by atoms with Crippen molar-refractivity contribution in [3.63, 3.8) is 0 Å². The Labute approximate surface area is 227 Å². The summed E-state index contributed by atoms with van der Waals surface area (Å²) in [4.78, 5) is 2.62. The third-order valence-electron chi connectivity index (χ3n) is 8.57. The molecule has 0 unspecified atom stereocenters. The van der Waals surface area contributed by atoms with Crippen LogP contribution in [-0.4, -0.2) is 37.6 Å². The summed E-state index contributed by atoms with van der Waals surface area (Å²) in [6.07, 6.45) is 3.04. The molecule has 196 valence electrons. The molecule has 0 aromatic heterocycles. The molecule has 0 radical (unpaired) electrons. The van der Waals surface area contributed by atoms with Gasteiger partial charge in [0.25, 0.3) is 0 Å². The smallest absolute Gasteiger partial charge is 0.123 e. The van der Waals surface area contributed by atoms with Crippen LogP contribution in [0.2, 0.25) is 0 Å². The van der Waals surface area contributed by atoms with Crippen LogP contribution < -0.4 is 5.32 Å². The summed E-state index contributed by atoms with van der Waals surface area (Å²) in [7, 11) is 0. The molecule has 4 aromatic rings. The summed E-state index contributed by atoms with van der Waals surface area (Å²) in [5, 5.41) is 3.57. The van der Waals surface area contributed by atoms with Crippen LogP contribution >= 0.6 is 0 Å². The van der Waals surface area contributed by atoms with Crippen LogP contribution in [-0.2, 0) is 10.8 Å². The van der Waals surface area contributed by atoms with Crippen molar-refractivity contribution in [2.75, 3.05) is 32.7 Å². The zero-order valence-corrected chi connectivity index (χ0v) is 22.5. The van der Waals surface area contributed by atoms with Gasteiger partial charge in [-0.3, -0.25) is 0 Å². The number of nitrogens with one attached hydrogen (secondary N) is 1. The van der Waals surface area contributed by atoms with E-state index in [0.29, 0.717) is 0 Å². The Kier molecular flexibility index (Phi) is 8.36. The molecular weight excluding hydrogens is 467 g/mol. The molecule has 1 aliphatic heterocycles. The topological polar surface area (TPSA) is 15.3 Å². The van der Waals surface area contributed by atoms with Crippen LogP contribution in [0.5, 0.6) is 0 Å². The quantitative estimate of drug-likeness (QED) is 0.229. The van der Waals surface area contributed by atoms with Crippen molar-refractivity contribution in [3.05, 3.63) is 143 Å². The maximum atomic E-state index is 14.2. The van der Waals surface area contributed by atoms with Gasteiger partial charge in [-0.15, -0.1) is 0 Å². The maximum Gasteiger partial charge on any atom is 0.123 e. The number of likely N-dealkylation sites (tertiary alicyclic amines) is 1. The van der Waals surface area contributed by atoms with Crippen molar-refractivity contribution < 1.29 is 4.39 Å². The van der Waals surface area contributed by atoms with Crippen LogP contribution in [0.4, 0.5) is 4.39 Å². The number of nitrogens with zero attached hydrogens (tertiary/aromatic N) is 1. The van der Waals surface area contributed by atoms with Crippen LogP contribution in [0.15, 0.2) is 115 Å². The van der Waals surface area contributed by atoms with E-state index in [1.165, 1.54) is 16.7 Å². The van der Waals surface area contributed by atoms with E-state index in [4.69, 9.17) is 0 Å². The van der Waals surface area contributed by atoms with Gasteiger partial charge in [0.05, 0.1) is 0 Å². The number of piperidine rings is 1. The molecule has 1 saturated heterocycles. The molecule has 38 heavy (non-hydrogen) atoms. The monoisotopic (exact) mass is 506 g/mol. The zero-order valence-electron chi connectivity index (χ0n) is 22.5. The van der Waals surface area contributed by atoms with Crippen molar-refractivity contribution in [3.8, 4) is 0 Å². The Balaban J connectivity index is 1.42. The molecule has 1 aliphatic rings. The Morgan fingerprint density at radius 1 is 0.737 bits per heavy atom. The summed E-state index contributed by atoms with van der Waals surface area (Å²) in [6.45, 7) is 6.98. The molecule has 1 fully saturated rings. The van der Waals surface area contributed by atoms with E-state index in [-0.39, 0.29) is 16.6 Å². The largest absolute Gasteiger partial charge is 0.316 e. The Bertz CT molecular complexity index is 1170. The van der Waals surface area contributed by atoms with Crippen LogP contribution in [0.1, 0.15) is 48.4 Å². The standard InChI is InChI=1S/C35H39FN2/c1-2-37-28-34(32-19-12-20-33(36)27-32)21-24-38(25-22-34)26-23-35(29-13-6-3-7-14-29,30-15-8-4-9-16-30)31-17-10-5-11-18-31/h3-20,27,37H,2,21-26,28H2,1H3. The fourth-order valence-corrected chi connectivity index (χ4v) is 6.38. The highest BCUT2D eigenvalue weighted by Crippen LogP contribution is 2.43. The Morgan fingerprint density at radius 2 is 1.26 bits per heavy atom. The first-order chi connectivity index (χ1) is 18.7. The van der Waals surface area contributed by atoms with Gasteiger partial charge in [-0.05, 0) is 79.8 Å². The SMILES string of the molecule is CCNCC1(c2cccc(F)c2)CCN(CCC(c2ccccc2)(c2ccccc2)c2ccccc2)CC1. The highest BCUT2D eigenvalue weighted by molar-refractivity contribution is 5.50. The Morgan fingerprint density at radius 3 is 1.74 bits per heavy atom. The predicted molar refractivity (Wildman–Crippen MR) is 156 cm³/mol. The van der Waals surface area contributed by atoms with Gasteiger partial charge < -0.3 is 10.2 Å². The van der Waals surface area contributed by atoms with Gasteiger partial charge in [0.1, 0.15) is 5.82 Å². The highest BCUT2D eigenvalue weighted by Gasteiger charge is 2.39. The first kappa shape index (κ1) is 26.3. The first-order valence-corrected chi connectivity index (χ1v) is 14.0. The van der Waals surface area contributed by atoms with E-state index in [9.17, 15) is 4.39 Å². The third-order valence-corrected chi connectivity index (χ3v) is 8.57. The normalized spacial score (nSPS) is 15.8. The van der Waals surface area contributed by atoms with E-state index in [0.717, 1.165) is 57.5 Å². The number of likely N-dealkylation sites (N-methyl/N-ethyl adjacent to an activating group) is 1. The summed E-state index contributed by atoms with van der Waals surface area (Å²) in [6, 6.07) is 40.2. The molecule has 0 aliphatic carbocycles. The van der Waals surface area contributed by atoms with Crippen molar-refractivity contribution >= 4 is 0 Å². The van der Waals surface area contributed by atoms with Crippen molar-refractivity contribution in [2.45, 2.75) is 37.0 Å². The lowest BCUT2D eigenvalue weighted by Gasteiger charge is -2.44. The third kappa shape index (κ3) is 5.45. The minimum absolute atomic E-state index is 0.0238. The summed E-state index contributed by atoms with van der Waals surface area (Å²) < 4.78 is 14.2. The molecule has 3 heteroatoms. The lowest BCUT2D eigenvalue weighted by molar-refractivity contribution is 0.150. The average molecular weight is 507 g/mol. The number of benzene rings is 4. The number of hydrogen-bond donors (Lipinski definition) is 1. The fourth-order valence-electron chi connectivity index (χ4n) is 6.38. The molecule has 0 bridgehead atoms. The molecule has 1 heterocycles. The minimum atomic E-state index is -0.232. The van der Waals surface area contributed by atoms with Gasteiger partial charge in [-0.2, -0.15) is 0 Å². The molecule has 4 aromatic carbocycles. The van der Waals surface area contributed by atoms with Crippen molar-refractivity contribution in [2.24, 2.45) is 0 Å². The molecule has 0 spiro atoms. The van der Waals surface area contributed by atoms with Crippen LogP contribution in [0.25, 0.3) is 0 Å². The summed E-state index contributed by atoms with van der Waals surface area (Å²) in [5.41, 5.74) is 4.86. The molecular formula is C35H39FN2. The van der Waals surface area contributed by atoms with Crippen molar-refractivity contribution in [1.29, 1.82) is 0 Å². The van der Waals surface area contributed by atoms with Gasteiger partial charge in [-0.1, -0.05) is 110 Å². The highest BCUT2D eigenvalue weighted by atomic mass is 19.1. The molecule has 1 N–H and O–H groups in total. The van der Waals surface area contributed by atoms with Gasteiger partial charge in [0, 0.05) is 17.4 Å². The lowest BCUT2D eigenvalue weighted by atomic mass is 9.67. The molecule has 0 atom stereocenters. The van der Waals surface area contributed by atoms with Gasteiger partial charge in [0.15, 0.2) is 0 Å². The average Bonchev–Trinajstić information content (AvgIpc) is 2.99. The predicted octanol–water partition coefficient (Wildman–Crippen LogP) is 7.19. The minimum Gasteiger partial charge on any atom is -0.316 e. The van der Waals surface area contributed by atoms with Gasteiger partial charge in [-0.25, -0.2) is 4.39 Å². The van der Waals surface area contributed by atoms with E-state index >= 15 is 0 Å². The zero-order chi connectivity index (χ0) is 26.3. The second kappa shape index (κ2) is 12.1. The van der Waals surface area contributed by atoms with Crippen molar-refractivity contribution in [1.82, 2.24) is 10.2 Å². The lowest BCUT2D eigenvalue weighted by Crippen LogP contribution is -2.49. The molecule has 0 saturated carbocycles. The fraction of sp³-hybridized carbons (Fsp3) is 0.314. The van der Waals surface area contributed by atoms with Crippen LogP contribution in [0.3, 0.4) is 0 Å². The van der Waals surface area contributed by atoms with E-state index in [1.807, 2.05) is 6.07 Å². The molecule has 2 nitrogen and oxygen atoms in total. The van der Waals surface area contributed by atoms with Crippen LogP contribution in [0, 0.1) is 5.82 Å². The summed E-state index contributed by atoms with van der Waals surface area (Å²) in [5.74, 6) is -0.140. The first-order valence-electron chi connectivity index (χ1n) is 14.0. The van der Waals surface area contributed by atoms with E-state index in [1.54, 1.807) is 12.1 Å². The van der Waals surface area contributed by atoms with E-state index < -0.39 is 0 Å². The Hall–Kier alpha value is -3.27. The molecule has 5 rings (SSSR count). The number of rotatable bonds is 10. The van der Waals surface area contributed by atoms with E-state index in [2.05, 4.69) is 114 Å².